The van der Waals surface area contributed by atoms with Crippen molar-refractivity contribution in [2.45, 2.75) is 20.0 Å². The predicted octanol–water partition coefficient (Wildman–Crippen LogP) is 4.59. The summed E-state index contributed by atoms with van der Waals surface area (Å²) in [5, 5.41) is 2.38. The van der Waals surface area contributed by atoms with Crippen LogP contribution in [0.2, 0.25) is 0 Å². The van der Waals surface area contributed by atoms with Crippen LogP contribution in [-0.4, -0.2) is 29.1 Å². The van der Waals surface area contributed by atoms with Crippen LogP contribution in [0.3, 0.4) is 0 Å². The van der Waals surface area contributed by atoms with E-state index in [1.54, 1.807) is 18.2 Å². The lowest BCUT2D eigenvalue weighted by molar-refractivity contribution is -0.143. The van der Waals surface area contributed by atoms with Gasteiger partial charge in [-0.15, -0.1) is 0 Å². The highest BCUT2D eigenvalue weighted by Gasteiger charge is 2.45. The molecule has 3 rings (SSSR count). The Hall–Kier alpha value is -4.02. The number of hydrogen-bond donors (Lipinski definition) is 2. The third kappa shape index (κ3) is 4.51. The monoisotopic (exact) mass is 449 g/mol. The first-order valence-corrected chi connectivity index (χ1v) is 9.36. The van der Waals surface area contributed by atoms with Gasteiger partial charge in [-0.2, -0.15) is 13.2 Å². The minimum atomic E-state index is -5.12. The van der Waals surface area contributed by atoms with Crippen molar-refractivity contribution in [3.8, 4) is 0 Å². The van der Waals surface area contributed by atoms with Gasteiger partial charge in [-0.25, -0.2) is 15.0 Å². The average Bonchev–Trinajstić information content (AvgIpc) is 3.35. The van der Waals surface area contributed by atoms with Crippen LogP contribution in [0.15, 0.2) is 53.1 Å². The summed E-state index contributed by atoms with van der Waals surface area (Å²) in [6.07, 6.45) is -4.01. The zero-order valence-corrected chi connectivity index (χ0v) is 16.9. The number of esters is 1. The SMILES string of the molecule is CCOC(=O)c1c(C(=O)c2ccco2)c(C(F)(F)F)n(NC(=O)Nc2ccccc2)c1C. The van der Waals surface area contributed by atoms with Crippen LogP contribution in [-0.2, 0) is 10.9 Å². The number of ketones is 1. The van der Waals surface area contributed by atoms with Gasteiger partial charge in [0, 0.05) is 5.69 Å². The Morgan fingerprint density at radius 2 is 1.75 bits per heavy atom. The summed E-state index contributed by atoms with van der Waals surface area (Å²) in [6.45, 7) is 2.48. The van der Waals surface area contributed by atoms with Gasteiger partial charge in [0.15, 0.2) is 11.5 Å². The van der Waals surface area contributed by atoms with Crippen LogP contribution in [0.1, 0.15) is 44.8 Å². The number of nitrogens with one attached hydrogen (secondary N) is 2. The van der Waals surface area contributed by atoms with Crippen molar-refractivity contribution in [1.82, 2.24) is 4.68 Å². The topological polar surface area (TPSA) is 103 Å². The number of halogens is 3. The Morgan fingerprint density at radius 3 is 2.31 bits per heavy atom. The lowest BCUT2D eigenvalue weighted by Gasteiger charge is -2.16. The number of urea groups is 1. The summed E-state index contributed by atoms with van der Waals surface area (Å²) >= 11 is 0. The van der Waals surface area contributed by atoms with E-state index in [2.05, 4.69) is 5.32 Å². The molecule has 11 heteroatoms. The van der Waals surface area contributed by atoms with Crippen LogP contribution in [0.25, 0.3) is 0 Å². The molecule has 0 aliphatic heterocycles. The second-order valence-corrected chi connectivity index (χ2v) is 6.48. The molecule has 2 amide bonds. The maximum atomic E-state index is 14.1. The van der Waals surface area contributed by atoms with Crippen molar-refractivity contribution >= 4 is 23.5 Å². The standard InChI is InChI=1S/C21H18F3N3O5/c1-3-31-19(29)15-12(2)27(26-20(30)25-13-8-5-4-6-9-13)18(21(22,23)24)16(15)17(28)14-10-7-11-32-14/h4-11H,3H2,1-2H3,(H2,25,26,30). The molecule has 0 bridgehead atoms. The van der Waals surface area contributed by atoms with Crippen molar-refractivity contribution in [3.05, 3.63) is 77.0 Å². The highest BCUT2D eigenvalue weighted by Crippen LogP contribution is 2.38. The molecule has 168 valence electrons. The number of alkyl halides is 3. The third-order valence-corrected chi connectivity index (χ3v) is 4.37. The Bertz CT molecular complexity index is 1140. The second kappa shape index (κ2) is 9.00. The first kappa shape index (κ1) is 22.7. The van der Waals surface area contributed by atoms with Gasteiger partial charge >= 0.3 is 18.2 Å². The van der Waals surface area contributed by atoms with Crippen LogP contribution in [0, 0.1) is 6.92 Å². The number of furan rings is 1. The predicted molar refractivity (Wildman–Crippen MR) is 107 cm³/mol. The lowest BCUT2D eigenvalue weighted by Crippen LogP contribution is -2.32. The van der Waals surface area contributed by atoms with Crippen molar-refractivity contribution in [1.29, 1.82) is 0 Å². The molecule has 3 aromatic rings. The molecule has 0 aliphatic carbocycles. The molecule has 0 spiro atoms. The number of nitrogens with zero attached hydrogens (tertiary/aromatic N) is 1. The molecule has 1 aromatic carbocycles. The fraction of sp³-hybridized carbons (Fsp3) is 0.190. The molecule has 0 saturated heterocycles. The Balaban J connectivity index is 2.15. The molecular weight excluding hydrogens is 431 g/mol. The third-order valence-electron chi connectivity index (χ3n) is 4.37. The zero-order valence-electron chi connectivity index (χ0n) is 16.9. The van der Waals surface area contributed by atoms with Gasteiger partial charge in [-0.3, -0.25) is 9.47 Å². The minimum absolute atomic E-state index is 0.138. The number of carbonyl (C=O) groups excluding carboxylic acids is 3. The Labute approximate surface area is 179 Å². The van der Waals surface area contributed by atoms with Crippen molar-refractivity contribution in [2.75, 3.05) is 17.3 Å². The molecule has 0 aliphatic rings. The van der Waals surface area contributed by atoms with E-state index in [-0.39, 0.29) is 12.3 Å². The lowest BCUT2D eigenvalue weighted by atomic mass is 10.0. The van der Waals surface area contributed by atoms with E-state index in [1.165, 1.54) is 31.2 Å². The van der Waals surface area contributed by atoms with Crippen LogP contribution in [0.5, 0.6) is 0 Å². The van der Waals surface area contributed by atoms with Crippen LogP contribution < -0.4 is 10.7 Å². The van der Waals surface area contributed by atoms with Gasteiger partial charge in [0.2, 0.25) is 5.78 Å². The van der Waals surface area contributed by atoms with Crippen molar-refractivity contribution < 1.29 is 36.7 Å². The maximum Gasteiger partial charge on any atom is 0.434 e. The molecule has 32 heavy (non-hydrogen) atoms. The molecule has 0 saturated carbocycles. The number of rotatable bonds is 6. The number of aromatic nitrogens is 1. The molecule has 8 nitrogen and oxygen atoms in total. The molecule has 2 aromatic heterocycles. The molecule has 0 atom stereocenters. The number of benzene rings is 1. The van der Waals surface area contributed by atoms with Crippen LogP contribution >= 0.6 is 0 Å². The van der Waals surface area contributed by atoms with E-state index in [9.17, 15) is 27.6 Å². The minimum Gasteiger partial charge on any atom is -0.462 e. The van der Waals surface area contributed by atoms with Crippen molar-refractivity contribution in [3.63, 3.8) is 0 Å². The average molecular weight is 449 g/mol. The van der Waals surface area contributed by atoms with E-state index in [4.69, 9.17) is 9.15 Å². The fourth-order valence-corrected chi connectivity index (χ4v) is 3.09. The van der Waals surface area contributed by atoms with E-state index in [0.717, 1.165) is 13.2 Å². The van der Waals surface area contributed by atoms with E-state index in [1.807, 2.05) is 5.43 Å². The van der Waals surface area contributed by atoms with Gasteiger partial charge in [0.05, 0.1) is 29.7 Å². The van der Waals surface area contributed by atoms with Gasteiger partial charge in [0.25, 0.3) is 0 Å². The summed E-state index contributed by atoms with van der Waals surface area (Å²) in [6, 6.07) is 9.46. The zero-order chi connectivity index (χ0) is 23.5. The number of hydrogen-bond acceptors (Lipinski definition) is 5. The highest BCUT2D eigenvalue weighted by molar-refractivity contribution is 6.15. The van der Waals surface area contributed by atoms with Crippen LogP contribution in [0.4, 0.5) is 23.7 Å². The number of amides is 2. The number of ether oxygens (including phenoxy) is 1. The first-order chi connectivity index (χ1) is 15.1. The quantitative estimate of drug-likeness (QED) is 0.423. The summed E-state index contributed by atoms with van der Waals surface area (Å²) in [5.74, 6) is -2.74. The molecule has 0 radical (unpaired) electrons. The van der Waals surface area contributed by atoms with Gasteiger partial charge in [0.1, 0.15) is 0 Å². The van der Waals surface area contributed by atoms with E-state index < -0.39 is 46.5 Å². The molecule has 0 unspecified atom stereocenters. The number of carbonyl (C=O) groups is 3. The maximum absolute atomic E-state index is 14.1. The van der Waals surface area contributed by atoms with Gasteiger partial charge in [-0.05, 0) is 38.1 Å². The first-order valence-electron chi connectivity index (χ1n) is 9.36. The summed E-state index contributed by atoms with van der Waals surface area (Å²) < 4.78 is 52.5. The molecule has 2 heterocycles. The number of para-hydroxylation sites is 1. The highest BCUT2D eigenvalue weighted by atomic mass is 19.4. The smallest absolute Gasteiger partial charge is 0.434 e. The largest absolute Gasteiger partial charge is 0.462 e. The Morgan fingerprint density at radius 1 is 1.06 bits per heavy atom. The summed E-state index contributed by atoms with van der Waals surface area (Å²) in [4.78, 5) is 37.8. The molecule has 2 N–H and O–H groups in total. The summed E-state index contributed by atoms with van der Waals surface area (Å²) in [5.41, 5.74) is -1.12. The summed E-state index contributed by atoms with van der Waals surface area (Å²) in [7, 11) is 0. The second-order valence-electron chi connectivity index (χ2n) is 6.48. The van der Waals surface area contributed by atoms with Gasteiger partial charge < -0.3 is 14.5 Å². The Kier molecular flexibility index (Phi) is 6.37. The number of anilines is 1. The van der Waals surface area contributed by atoms with Gasteiger partial charge in [-0.1, -0.05) is 18.2 Å². The normalized spacial score (nSPS) is 11.2. The van der Waals surface area contributed by atoms with E-state index in [0.29, 0.717) is 10.4 Å². The van der Waals surface area contributed by atoms with Crippen molar-refractivity contribution in [2.24, 2.45) is 0 Å². The fourth-order valence-electron chi connectivity index (χ4n) is 3.09. The molecule has 0 fully saturated rings. The molecular formula is C21H18F3N3O5. The van der Waals surface area contributed by atoms with E-state index >= 15 is 0 Å².